The average Bonchev–Trinajstić information content (AvgIpc) is 2.19. The molecule has 2 atom stereocenters. The molecule has 1 amide bonds. The number of carbonyl (C=O) groups excluding carboxylic acids is 1. The Kier molecular flexibility index (Phi) is 5.28. The van der Waals surface area contributed by atoms with Gasteiger partial charge in [0.1, 0.15) is 11.6 Å². The Balaban J connectivity index is 4.56. The predicted molar refractivity (Wildman–Crippen MR) is 55.6 cm³/mol. The first-order valence-corrected chi connectivity index (χ1v) is 4.99. The van der Waals surface area contributed by atoms with Gasteiger partial charge in [-0.3, -0.25) is 4.79 Å². The van der Waals surface area contributed by atoms with E-state index in [4.69, 9.17) is 9.84 Å². The van der Waals surface area contributed by atoms with Gasteiger partial charge in [-0.1, -0.05) is 13.8 Å². The molecule has 2 N–H and O–H groups in total. The maximum atomic E-state index is 11.6. The molecule has 0 aliphatic heterocycles. The average molecular weight is 217 g/mol. The van der Waals surface area contributed by atoms with E-state index in [0.717, 1.165) is 0 Å². The van der Waals surface area contributed by atoms with E-state index in [2.05, 4.69) is 5.32 Å². The van der Waals surface area contributed by atoms with Crippen molar-refractivity contribution in [1.82, 2.24) is 5.32 Å². The highest BCUT2D eigenvalue weighted by molar-refractivity contribution is 5.88. The Bertz CT molecular complexity index is 238. The fourth-order valence-corrected chi connectivity index (χ4v) is 1.10. The van der Waals surface area contributed by atoms with Crippen LogP contribution in [0.1, 0.15) is 33.6 Å². The van der Waals surface area contributed by atoms with Crippen molar-refractivity contribution >= 4 is 11.9 Å². The number of hydrogen-bond donors (Lipinski definition) is 2. The van der Waals surface area contributed by atoms with Crippen LogP contribution >= 0.6 is 0 Å². The third-order valence-corrected chi connectivity index (χ3v) is 2.53. The van der Waals surface area contributed by atoms with Gasteiger partial charge in [0, 0.05) is 7.11 Å². The van der Waals surface area contributed by atoms with Crippen molar-refractivity contribution in [3.05, 3.63) is 0 Å². The standard InChI is InChI=1S/C10H19NO4/c1-5-7(15-4)8(12)11-10(3,6-2)9(13)14/h7H,5-6H2,1-4H3,(H,11,12)(H,13,14). The molecule has 5 nitrogen and oxygen atoms in total. The van der Waals surface area contributed by atoms with Gasteiger partial charge >= 0.3 is 5.97 Å². The molecule has 0 radical (unpaired) electrons. The van der Waals surface area contributed by atoms with Crippen LogP contribution in [0.5, 0.6) is 0 Å². The van der Waals surface area contributed by atoms with Gasteiger partial charge in [0.25, 0.3) is 0 Å². The number of aliphatic carboxylic acids is 1. The van der Waals surface area contributed by atoms with Crippen molar-refractivity contribution in [3.8, 4) is 0 Å². The van der Waals surface area contributed by atoms with Crippen LogP contribution in [-0.4, -0.2) is 35.7 Å². The number of amides is 1. The smallest absolute Gasteiger partial charge is 0.329 e. The van der Waals surface area contributed by atoms with Crippen molar-refractivity contribution in [1.29, 1.82) is 0 Å². The molecule has 2 unspecified atom stereocenters. The molecule has 0 fully saturated rings. The van der Waals surface area contributed by atoms with Crippen LogP contribution in [0.15, 0.2) is 0 Å². The molecule has 0 aromatic heterocycles. The zero-order valence-electron chi connectivity index (χ0n) is 9.66. The van der Waals surface area contributed by atoms with E-state index >= 15 is 0 Å². The number of carboxylic acids is 1. The van der Waals surface area contributed by atoms with Gasteiger partial charge in [-0.25, -0.2) is 4.79 Å². The van der Waals surface area contributed by atoms with E-state index in [-0.39, 0.29) is 5.91 Å². The van der Waals surface area contributed by atoms with Crippen molar-refractivity contribution in [2.75, 3.05) is 7.11 Å². The minimum atomic E-state index is -1.22. The first-order chi connectivity index (χ1) is 6.91. The molecule has 0 rings (SSSR count). The Morgan fingerprint density at radius 2 is 2.00 bits per heavy atom. The molecule has 88 valence electrons. The second-order valence-corrected chi connectivity index (χ2v) is 3.61. The van der Waals surface area contributed by atoms with Crippen molar-refractivity contribution in [2.24, 2.45) is 0 Å². The molecule has 0 aliphatic rings. The quantitative estimate of drug-likeness (QED) is 0.689. The number of carboxylic acid groups (broad SMARTS) is 1. The molecule has 5 heteroatoms. The van der Waals surface area contributed by atoms with E-state index in [1.807, 2.05) is 0 Å². The summed E-state index contributed by atoms with van der Waals surface area (Å²) in [4.78, 5) is 22.5. The van der Waals surface area contributed by atoms with E-state index in [1.165, 1.54) is 14.0 Å². The zero-order chi connectivity index (χ0) is 12.1. The summed E-state index contributed by atoms with van der Waals surface area (Å²) in [6, 6.07) is 0. The molecule has 0 saturated carbocycles. The summed E-state index contributed by atoms with van der Waals surface area (Å²) in [7, 11) is 1.43. The maximum absolute atomic E-state index is 11.6. The SMILES string of the molecule is CCC(OC)C(=O)NC(C)(CC)C(=O)O. The highest BCUT2D eigenvalue weighted by Crippen LogP contribution is 2.10. The van der Waals surface area contributed by atoms with E-state index in [1.54, 1.807) is 13.8 Å². The first kappa shape index (κ1) is 13.9. The van der Waals surface area contributed by atoms with Crippen molar-refractivity contribution in [2.45, 2.75) is 45.3 Å². The van der Waals surface area contributed by atoms with Crippen LogP contribution in [0, 0.1) is 0 Å². The zero-order valence-corrected chi connectivity index (χ0v) is 9.66. The fourth-order valence-electron chi connectivity index (χ4n) is 1.10. The lowest BCUT2D eigenvalue weighted by Gasteiger charge is -2.26. The number of ether oxygens (including phenoxy) is 1. The Labute approximate surface area is 89.8 Å². The molecular weight excluding hydrogens is 198 g/mol. The van der Waals surface area contributed by atoms with Gasteiger partial charge in [-0.05, 0) is 19.8 Å². The van der Waals surface area contributed by atoms with Crippen LogP contribution in [-0.2, 0) is 14.3 Å². The molecule has 0 bridgehead atoms. The van der Waals surface area contributed by atoms with E-state index < -0.39 is 17.6 Å². The molecule has 0 spiro atoms. The third kappa shape index (κ3) is 3.51. The summed E-state index contributed by atoms with van der Waals surface area (Å²) in [6.07, 6.45) is 0.255. The summed E-state index contributed by atoms with van der Waals surface area (Å²) in [5, 5.41) is 11.4. The molecular formula is C10H19NO4. The monoisotopic (exact) mass is 217 g/mol. The normalized spacial score (nSPS) is 16.5. The van der Waals surface area contributed by atoms with E-state index in [9.17, 15) is 9.59 Å². The minimum Gasteiger partial charge on any atom is -0.480 e. The highest BCUT2D eigenvalue weighted by Gasteiger charge is 2.34. The second-order valence-electron chi connectivity index (χ2n) is 3.61. The Morgan fingerprint density at radius 1 is 1.47 bits per heavy atom. The van der Waals surface area contributed by atoms with Crippen LogP contribution in [0.25, 0.3) is 0 Å². The van der Waals surface area contributed by atoms with Gasteiger partial charge in [0.2, 0.25) is 5.91 Å². The van der Waals surface area contributed by atoms with Crippen LogP contribution < -0.4 is 5.32 Å². The fraction of sp³-hybridized carbons (Fsp3) is 0.800. The predicted octanol–water partition coefficient (Wildman–Crippen LogP) is 0.781. The lowest BCUT2D eigenvalue weighted by Crippen LogP contribution is -2.54. The summed E-state index contributed by atoms with van der Waals surface area (Å²) >= 11 is 0. The topological polar surface area (TPSA) is 75.6 Å². The number of hydrogen-bond acceptors (Lipinski definition) is 3. The van der Waals surface area contributed by atoms with Crippen LogP contribution in [0.3, 0.4) is 0 Å². The summed E-state index contributed by atoms with van der Waals surface area (Å²) < 4.78 is 4.93. The van der Waals surface area contributed by atoms with Gasteiger partial charge in [0.15, 0.2) is 0 Å². The second kappa shape index (κ2) is 5.70. The molecule has 0 saturated heterocycles. The van der Waals surface area contributed by atoms with Crippen LogP contribution in [0.2, 0.25) is 0 Å². The molecule has 0 aromatic rings. The molecule has 15 heavy (non-hydrogen) atoms. The first-order valence-electron chi connectivity index (χ1n) is 4.99. The largest absolute Gasteiger partial charge is 0.480 e. The van der Waals surface area contributed by atoms with Crippen molar-refractivity contribution in [3.63, 3.8) is 0 Å². The number of nitrogens with one attached hydrogen (secondary N) is 1. The third-order valence-electron chi connectivity index (χ3n) is 2.53. The molecule has 0 aliphatic carbocycles. The minimum absolute atomic E-state index is 0.328. The Hall–Kier alpha value is -1.10. The molecule has 0 heterocycles. The van der Waals surface area contributed by atoms with Gasteiger partial charge in [-0.15, -0.1) is 0 Å². The number of carbonyl (C=O) groups is 2. The molecule has 0 aromatic carbocycles. The lowest BCUT2D eigenvalue weighted by molar-refractivity contribution is -0.149. The Morgan fingerprint density at radius 3 is 2.27 bits per heavy atom. The van der Waals surface area contributed by atoms with Crippen molar-refractivity contribution < 1.29 is 19.4 Å². The van der Waals surface area contributed by atoms with E-state index in [0.29, 0.717) is 12.8 Å². The number of rotatable bonds is 6. The summed E-state index contributed by atoms with van der Waals surface area (Å²) in [5.74, 6) is -1.42. The van der Waals surface area contributed by atoms with Gasteiger partial charge in [0.05, 0.1) is 0 Å². The van der Waals surface area contributed by atoms with Gasteiger partial charge in [-0.2, -0.15) is 0 Å². The highest BCUT2D eigenvalue weighted by atomic mass is 16.5. The maximum Gasteiger partial charge on any atom is 0.329 e. The summed E-state index contributed by atoms with van der Waals surface area (Å²) in [6.45, 7) is 5.00. The van der Waals surface area contributed by atoms with Crippen LogP contribution in [0.4, 0.5) is 0 Å². The van der Waals surface area contributed by atoms with Gasteiger partial charge < -0.3 is 15.2 Å². The number of methoxy groups -OCH3 is 1. The summed E-state index contributed by atoms with van der Waals surface area (Å²) in [5.41, 5.74) is -1.22. The lowest BCUT2D eigenvalue weighted by atomic mass is 9.98.